The highest BCUT2D eigenvalue weighted by Crippen LogP contribution is 2.32. The molecule has 0 atom stereocenters. The van der Waals surface area contributed by atoms with Crippen molar-refractivity contribution in [3.05, 3.63) is 64.5 Å². The minimum absolute atomic E-state index is 0.0402. The molecule has 4 aromatic rings. The van der Waals surface area contributed by atoms with Crippen LogP contribution in [0, 0.1) is 0 Å². The molecule has 12 heteroatoms. The van der Waals surface area contributed by atoms with Gasteiger partial charge in [0.1, 0.15) is 5.01 Å². The van der Waals surface area contributed by atoms with Crippen LogP contribution in [0.3, 0.4) is 0 Å². The molecule has 0 aliphatic heterocycles. The number of hydrogen-bond acceptors (Lipinski definition) is 9. The van der Waals surface area contributed by atoms with Crippen molar-refractivity contribution in [2.75, 3.05) is 7.11 Å². The predicted molar refractivity (Wildman–Crippen MR) is 115 cm³/mol. The molecule has 0 unspecified atom stereocenters. The van der Waals surface area contributed by atoms with E-state index in [9.17, 15) is 13.6 Å². The van der Waals surface area contributed by atoms with Crippen LogP contribution in [-0.4, -0.2) is 34.8 Å². The number of ether oxygens (including phenoxy) is 3. The standard InChI is InChI=1S/C21H14ClF2N3O5S/c1-29-16-8-12(4-7-15(16)31-21(23)24)18-26-17(32-27-18)9-30-20(28)14-10-33-19(25-14)11-2-5-13(22)6-3-11/h2-8,10,21H,9H2,1H3. The summed E-state index contributed by atoms with van der Waals surface area (Å²) < 4.78 is 44.7. The summed E-state index contributed by atoms with van der Waals surface area (Å²) in [6.45, 7) is -3.26. The van der Waals surface area contributed by atoms with Gasteiger partial charge in [-0.15, -0.1) is 11.3 Å². The maximum atomic E-state index is 12.5. The third-order valence-corrected chi connectivity index (χ3v) is 5.38. The van der Waals surface area contributed by atoms with Crippen molar-refractivity contribution < 1.29 is 32.3 Å². The van der Waals surface area contributed by atoms with E-state index in [0.717, 1.165) is 5.56 Å². The van der Waals surface area contributed by atoms with E-state index in [-0.39, 0.29) is 35.5 Å². The van der Waals surface area contributed by atoms with Gasteiger partial charge in [0.25, 0.3) is 5.89 Å². The van der Waals surface area contributed by atoms with Crippen LogP contribution >= 0.6 is 22.9 Å². The number of nitrogens with zero attached hydrogens (tertiary/aromatic N) is 3. The molecule has 0 bridgehead atoms. The molecule has 4 rings (SSSR count). The number of rotatable bonds is 8. The van der Waals surface area contributed by atoms with E-state index >= 15 is 0 Å². The monoisotopic (exact) mass is 493 g/mol. The van der Waals surface area contributed by atoms with Crippen LogP contribution in [0.4, 0.5) is 8.78 Å². The topological polar surface area (TPSA) is 96.6 Å². The zero-order valence-corrected chi connectivity index (χ0v) is 18.4. The Balaban J connectivity index is 1.40. The Kier molecular flexibility index (Phi) is 6.80. The molecule has 33 heavy (non-hydrogen) atoms. The Morgan fingerprint density at radius 2 is 1.88 bits per heavy atom. The first-order valence-corrected chi connectivity index (χ1v) is 10.5. The number of hydrogen-bond donors (Lipinski definition) is 0. The van der Waals surface area contributed by atoms with Crippen molar-refractivity contribution in [3.63, 3.8) is 0 Å². The molecule has 2 aromatic heterocycles. The molecule has 0 aliphatic carbocycles. The molecule has 0 radical (unpaired) electrons. The minimum atomic E-state index is -2.99. The number of carbonyl (C=O) groups excluding carboxylic acids is 1. The van der Waals surface area contributed by atoms with Gasteiger partial charge < -0.3 is 18.7 Å². The van der Waals surface area contributed by atoms with Gasteiger partial charge in [0.2, 0.25) is 5.82 Å². The maximum absolute atomic E-state index is 12.5. The van der Waals surface area contributed by atoms with Gasteiger partial charge in [-0.3, -0.25) is 0 Å². The predicted octanol–water partition coefficient (Wildman–Crippen LogP) is 5.48. The molecule has 0 aliphatic rings. The fourth-order valence-corrected chi connectivity index (χ4v) is 3.65. The first-order chi connectivity index (χ1) is 15.9. The third kappa shape index (κ3) is 5.44. The number of alkyl halides is 2. The Morgan fingerprint density at radius 1 is 1.12 bits per heavy atom. The van der Waals surface area contributed by atoms with Gasteiger partial charge in [-0.2, -0.15) is 13.8 Å². The van der Waals surface area contributed by atoms with Gasteiger partial charge in [-0.05, 0) is 30.3 Å². The van der Waals surface area contributed by atoms with Gasteiger partial charge >= 0.3 is 12.6 Å². The molecular formula is C21H14ClF2N3O5S. The normalized spacial score (nSPS) is 10.9. The molecule has 0 saturated heterocycles. The molecule has 0 amide bonds. The first kappa shape index (κ1) is 22.6. The van der Waals surface area contributed by atoms with Gasteiger partial charge in [-0.25, -0.2) is 9.78 Å². The Morgan fingerprint density at radius 3 is 2.61 bits per heavy atom. The molecule has 2 heterocycles. The summed E-state index contributed by atoms with van der Waals surface area (Å²) in [5.41, 5.74) is 1.40. The zero-order chi connectivity index (χ0) is 23.4. The van der Waals surface area contributed by atoms with Gasteiger partial charge in [0, 0.05) is 21.5 Å². The van der Waals surface area contributed by atoms with E-state index in [0.29, 0.717) is 15.6 Å². The van der Waals surface area contributed by atoms with E-state index in [4.69, 9.17) is 25.6 Å². The lowest BCUT2D eigenvalue weighted by Gasteiger charge is -2.10. The summed E-state index contributed by atoms with van der Waals surface area (Å²) in [5.74, 6) is -0.512. The Hall–Kier alpha value is -3.57. The van der Waals surface area contributed by atoms with Crippen molar-refractivity contribution in [2.45, 2.75) is 13.2 Å². The average molecular weight is 494 g/mol. The first-order valence-electron chi connectivity index (χ1n) is 9.27. The number of methoxy groups -OCH3 is 1. The largest absolute Gasteiger partial charge is 0.493 e. The van der Waals surface area contributed by atoms with E-state index < -0.39 is 12.6 Å². The van der Waals surface area contributed by atoms with Crippen molar-refractivity contribution in [1.82, 2.24) is 15.1 Å². The van der Waals surface area contributed by atoms with Crippen LogP contribution in [0.25, 0.3) is 22.0 Å². The van der Waals surface area contributed by atoms with Crippen LogP contribution in [0.2, 0.25) is 5.02 Å². The quantitative estimate of drug-likeness (QED) is 0.298. The summed E-state index contributed by atoms with van der Waals surface area (Å²) in [7, 11) is 1.31. The SMILES string of the molecule is COc1cc(-c2noc(COC(=O)c3csc(-c4ccc(Cl)cc4)n3)n2)ccc1OC(F)F. The summed E-state index contributed by atoms with van der Waals surface area (Å²) in [6, 6.07) is 11.3. The Labute approximate surface area is 194 Å². The molecular weight excluding hydrogens is 480 g/mol. The highest BCUT2D eigenvalue weighted by molar-refractivity contribution is 7.13. The van der Waals surface area contributed by atoms with Gasteiger partial charge in [-0.1, -0.05) is 28.9 Å². The van der Waals surface area contributed by atoms with Crippen LogP contribution in [0.15, 0.2) is 52.4 Å². The number of thiazole rings is 1. The molecule has 0 spiro atoms. The second kappa shape index (κ2) is 9.92. The van der Waals surface area contributed by atoms with E-state index in [1.807, 2.05) is 0 Å². The fraction of sp³-hybridized carbons (Fsp3) is 0.143. The number of halogens is 3. The second-order valence-electron chi connectivity index (χ2n) is 6.38. The lowest BCUT2D eigenvalue weighted by atomic mass is 10.2. The molecule has 0 saturated carbocycles. The van der Waals surface area contributed by atoms with Gasteiger partial charge in [0.05, 0.1) is 7.11 Å². The van der Waals surface area contributed by atoms with Crippen molar-refractivity contribution in [1.29, 1.82) is 0 Å². The average Bonchev–Trinajstić information content (AvgIpc) is 3.48. The van der Waals surface area contributed by atoms with Crippen molar-refractivity contribution in [2.24, 2.45) is 0 Å². The fourth-order valence-electron chi connectivity index (χ4n) is 2.72. The molecule has 8 nitrogen and oxygen atoms in total. The lowest BCUT2D eigenvalue weighted by Crippen LogP contribution is -2.06. The summed E-state index contributed by atoms with van der Waals surface area (Å²) >= 11 is 7.18. The second-order valence-corrected chi connectivity index (χ2v) is 7.67. The molecule has 170 valence electrons. The van der Waals surface area contributed by atoms with Crippen LogP contribution in [0.1, 0.15) is 16.4 Å². The number of benzene rings is 2. The third-order valence-electron chi connectivity index (χ3n) is 4.24. The smallest absolute Gasteiger partial charge is 0.387 e. The van der Waals surface area contributed by atoms with Crippen molar-refractivity contribution >= 4 is 28.9 Å². The summed E-state index contributed by atoms with van der Waals surface area (Å²) in [4.78, 5) is 20.7. The highest BCUT2D eigenvalue weighted by atomic mass is 35.5. The lowest BCUT2D eigenvalue weighted by molar-refractivity contribution is -0.0512. The van der Waals surface area contributed by atoms with E-state index in [2.05, 4.69) is 19.9 Å². The van der Waals surface area contributed by atoms with E-state index in [1.165, 1.54) is 36.6 Å². The Bertz CT molecular complexity index is 1260. The van der Waals surface area contributed by atoms with Crippen LogP contribution < -0.4 is 9.47 Å². The van der Waals surface area contributed by atoms with Crippen LogP contribution in [-0.2, 0) is 11.3 Å². The molecule has 0 N–H and O–H groups in total. The van der Waals surface area contributed by atoms with Gasteiger partial charge in [0.15, 0.2) is 23.8 Å². The number of esters is 1. The molecule has 2 aromatic carbocycles. The maximum Gasteiger partial charge on any atom is 0.387 e. The summed E-state index contributed by atoms with van der Waals surface area (Å²) in [6.07, 6.45) is 0. The van der Waals surface area contributed by atoms with Crippen LogP contribution in [0.5, 0.6) is 11.5 Å². The minimum Gasteiger partial charge on any atom is -0.493 e. The summed E-state index contributed by atoms with van der Waals surface area (Å²) in [5, 5.41) is 6.64. The zero-order valence-electron chi connectivity index (χ0n) is 16.8. The number of carbonyl (C=O) groups is 1. The van der Waals surface area contributed by atoms with Crippen molar-refractivity contribution in [3.8, 4) is 33.5 Å². The number of aromatic nitrogens is 3. The molecule has 0 fully saturated rings. The van der Waals surface area contributed by atoms with E-state index in [1.54, 1.807) is 29.6 Å². The highest BCUT2D eigenvalue weighted by Gasteiger charge is 2.17.